The number of rotatable bonds is 8. The molecule has 0 bridgehead atoms. The number of nitrogens with zero attached hydrogens (tertiary/aromatic N) is 1. The Hall–Kier alpha value is -0.660. The fourth-order valence-electron chi connectivity index (χ4n) is 2.43. The second kappa shape index (κ2) is 7.95. The minimum atomic E-state index is -3.32. The molecule has 1 rings (SSSR count). The van der Waals surface area contributed by atoms with Crippen molar-refractivity contribution in [3.05, 3.63) is 0 Å². The number of hydrogen-bond acceptors (Lipinski definition) is 4. The first kappa shape index (κ1) is 17.4. The SMILES string of the molecule is CCCS(=O)(=O)N1CCCC1C(=O)NCC(C)CCO. The lowest BCUT2D eigenvalue weighted by atomic mass is 10.1. The first-order chi connectivity index (χ1) is 9.42. The fourth-order valence-corrected chi connectivity index (χ4v) is 4.17. The maximum atomic E-state index is 12.1. The van der Waals surface area contributed by atoms with Crippen molar-refractivity contribution >= 4 is 15.9 Å². The Morgan fingerprint density at radius 3 is 2.80 bits per heavy atom. The van der Waals surface area contributed by atoms with E-state index in [1.165, 1.54) is 4.31 Å². The van der Waals surface area contributed by atoms with Crippen LogP contribution in [0.4, 0.5) is 0 Å². The maximum absolute atomic E-state index is 12.1. The normalized spacial score (nSPS) is 21.9. The molecule has 1 aliphatic heterocycles. The van der Waals surface area contributed by atoms with Crippen molar-refractivity contribution in [3.8, 4) is 0 Å². The maximum Gasteiger partial charge on any atom is 0.238 e. The second-order valence-electron chi connectivity index (χ2n) is 5.45. The predicted molar refractivity (Wildman–Crippen MR) is 77.7 cm³/mol. The average Bonchev–Trinajstić information content (AvgIpc) is 2.86. The van der Waals surface area contributed by atoms with Gasteiger partial charge in [-0.15, -0.1) is 0 Å². The molecule has 1 amide bonds. The Morgan fingerprint density at radius 2 is 2.20 bits per heavy atom. The Balaban J connectivity index is 2.58. The highest BCUT2D eigenvalue weighted by molar-refractivity contribution is 7.89. The molecule has 2 unspecified atom stereocenters. The lowest BCUT2D eigenvalue weighted by molar-refractivity contribution is -0.124. The van der Waals surface area contributed by atoms with Crippen LogP contribution in [0.3, 0.4) is 0 Å². The fraction of sp³-hybridized carbons (Fsp3) is 0.923. The van der Waals surface area contributed by atoms with Crippen LogP contribution in [0, 0.1) is 5.92 Å². The molecule has 7 heteroatoms. The molecule has 1 aliphatic rings. The summed E-state index contributed by atoms with van der Waals surface area (Å²) in [5, 5.41) is 11.6. The highest BCUT2D eigenvalue weighted by Crippen LogP contribution is 2.22. The Bertz CT molecular complexity index is 411. The Morgan fingerprint density at radius 1 is 1.50 bits per heavy atom. The average molecular weight is 306 g/mol. The van der Waals surface area contributed by atoms with Crippen LogP contribution in [0.15, 0.2) is 0 Å². The van der Waals surface area contributed by atoms with Crippen molar-refractivity contribution in [2.75, 3.05) is 25.4 Å². The van der Waals surface area contributed by atoms with Crippen molar-refractivity contribution in [2.24, 2.45) is 5.92 Å². The molecule has 0 aliphatic carbocycles. The van der Waals surface area contributed by atoms with E-state index in [0.29, 0.717) is 32.4 Å². The predicted octanol–water partition coefficient (Wildman–Crippen LogP) is 0.325. The zero-order valence-corrected chi connectivity index (χ0v) is 13.2. The number of amides is 1. The lowest BCUT2D eigenvalue weighted by Gasteiger charge is -2.23. The van der Waals surface area contributed by atoms with Crippen LogP contribution < -0.4 is 5.32 Å². The third-order valence-electron chi connectivity index (χ3n) is 3.57. The van der Waals surface area contributed by atoms with Crippen LogP contribution in [0.1, 0.15) is 39.5 Å². The topological polar surface area (TPSA) is 86.7 Å². The molecule has 6 nitrogen and oxygen atoms in total. The number of nitrogens with one attached hydrogen (secondary N) is 1. The smallest absolute Gasteiger partial charge is 0.238 e. The molecule has 0 radical (unpaired) electrons. The van der Waals surface area contributed by atoms with Gasteiger partial charge in [0.15, 0.2) is 0 Å². The van der Waals surface area contributed by atoms with Crippen LogP contribution >= 0.6 is 0 Å². The van der Waals surface area contributed by atoms with E-state index in [4.69, 9.17) is 5.11 Å². The van der Waals surface area contributed by atoms with Gasteiger partial charge in [-0.2, -0.15) is 4.31 Å². The largest absolute Gasteiger partial charge is 0.396 e. The zero-order valence-electron chi connectivity index (χ0n) is 12.3. The monoisotopic (exact) mass is 306 g/mol. The standard InChI is InChI=1S/C13H26N2O4S/c1-3-9-20(18,19)15-7-4-5-12(15)13(17)14-10-11(2)6-8-16/h11-12,16H,3-10H2,1-2H3,(H,14,17). The Kier molecular flexibility index (Phi) is 6.91. The van der Waals surface area contributed by atoms with Crippen molar-refractivity contribution in [1.82, 2.24) is 9.62 Å². The minimum absolute atomic E-state index is 0.0947. The number of aliphatic hydroxyl groups excluding tert-OH is 1. The zero-order chi connectivity index (χ0) is 15.2. The molecular weight excluding hydrogens is 280 g/mol. The third-order valence-corrected chi connectivity index (χ3v) is 5.65. The summed E-state index contributed by atoms with van der Waals surface area (Å²) in [6.07, 6.45) is 2.50. The van der Waals surface area contributed by atoms with Gasteiger partial charge in [-0.05, 0) is 31.6 Å². The molecule has 0 saturated carbocycles. The molecule has 2 N–H and O–H groups in total. The number of aliphatic hydroxyl groups is 1. The first-order valence-electron chi connectivity index (χ1n) is 7.30. The van der Waals surface area contributed by atoms with Crippen molar-refractivity contribution in [3.63, 3.8) is 0 Å². The van der Waals surface area contributed by atoms with Crippen LogP contribution in [-0.4, -0.2) is 55.2 Å². The number of carbonyl (C=O) groups is 1. The molecule has 1 fully saturated rings. The molecule has 0 aromatic carbocycles. The van der Waals surface area contributed by atoms with Gasteiger partial charge in [0.1, 0.15) is 6.04 Å². The van der Waals surface area contributed by atoms with Crippen molar-refractivity contribution in [1.29, 1.82) is 0 Å². The lowest BCUT2D eigenvalue weighted by Crippen LogP contribution is -2.47. The van der Waals surface area contributed by atoms with Crippen molar-refractivity contribution in [2.45, 2.75) is 45.6 Å². The van der Waals surface area contributed by atoms with Gasteiger partial charge in [-0.3, -0.25) is 4.79 Å². The highest BCUT2D eigenvalue weighted by Gasteiger charge is 2.37. The summed E-state index contributed by atoms with van der Waals surface area (Å²) in [5.41, 5.74) is 0. The number of carbonyl (C=O) groups excluding carboxylic acids is 1. The first-order valence-corrected chi connectivity index (χ1v) is 8.91. The minimum Gasteiger partial charge on any atom is -0.396 e. The molecule has 0 aromatic heterocycles. The summed E-state index contributed by atoms with van der Waals surface area (Å²) in [7, 11) is -3.32. The van der Waals surface area contributed by atoms with E-state index in [0.717, 1.165) is 6.42 Å². The van der Waals surface area contributed by atoms with E-state index in [1.54, 1.807) is 0 Å². The molecule has 1 saturated heterocycles. The van der Waals surface area contributed by atoms with Gasteiger partial charge in [0, 0.05) is 19.7 Å². The van der Waals surface area contributed by atoms with Gasteiger partial charge in [0.05, 0.1) is 5.75 Å². The summed E-state index contributed by atoms with van der Waals surface area (Å²) in [6.45, 7) is 4.76. The van der Waals surface area contributed by atoms with Gasteiger partial charge in [0.25, 0.3) is 0 Å². The van der Waals surface area contributed by atoms with Crippen LogP contribution in [0.5, 0.6) is 0 Å². The summed E-state index contributed by atoms with van der Waals surface area (Å²) in [4.78, 5) is 12.1. The summed E-state index contributed by atoms with van der Waals surface area (Å²) in [5.74, 6) is 0.0653. The molecule has 0 spiro atoms. The van der Waals surface area contributed by atoms with Gasteiger partial charge in [0.2, 0.25) is 15.9 Å². The third kappa shape index (κ3) is 4.71. The van der Waals surface area contributed by atoms with Crippen LogP contribution in [0.25, 0.3) is 0 Å². The Labute approximate surface area is 121 Å². The molecule has 118 valence electrons. The van der Waals surface area contributed by atoms with Crippen molar-refractivity contribution < 1.29 is 18.3 Å². The molecule has 0 aromatic rings. The quantitative estimate of drug-likeness (QED) is 0.676. The van der Waals surface area contributed by atoms with E-state index in [9.17, 15) is 13.2 Å². The van der Waals surface area contributed by atoms with Gasteiger partial charge < -0.3 is 10.4 Å². The molecule has 1 heterocycles. The van der Waals surface area contributed by atoms with E-state index in [-0.39, 0.29) is 24.2 Å². The van der Waals surface area contributed by atoms with Gasteiger partial charge >= 0.3 is 0 Å². The van der Waals surface area contributed by atoms with Gasteiger partial charge in [-0.25, -0.2) is 8.42 Å². The van der Waals surface area contributed by atoms with Crippen LogP contribution in [0.2, 0.25) is 0 Å². The highest BCUT2D eigenvalue weighted by atomic mass is 32.2. The molecule has 20 heavy (non-hydrogen) atoms. The molecule has 2 atom stereocenters. The van der Waals surface area contributed by atoms with E-state index >= 15 is 0 Å². The van der Waals surface area contributed by atoms with E-state index < -0.39 is 16.1 Å². The van der Waals surface area contributed by atoms with E-state index in [2.05, 4.69) is 5.32 Å². The summed E-state index contributed by atoms with van der Waals surface area (Å²) < 4.78 is 25.6. The second-order valence-corrected chi connectivity index (χ2v) is 7.49. The van der Waals surface area contributed by atoms with Gasteiger partial charge in [-0.1, -0.05) is 13.8 Å². The van der Waals surface area contributed by atoms with Crippen LogP contribution in [-0.2, 0) is 14.8 Å². The summed E-state index contributed by atoms with van der Waals surface area (Å²) >= 11 is 0. The number of hydrogen-bond donors (Lipinski definition) is 2. The molecular formula is C13H26N2O4S. The summed E-state index contributed by atoms with van der Waals surface area (Å²) in [6, 6.07) is -0.562. The number of sulfonamides is 1. The van der Waals surface area contributed by atoms with E-state index in [1.807, 2.05) is 13.8 Å².